The zero-order chi connectivity index (χ0) is 19.8. The summed E-state index contributed by atoms with van der Waals surface area (Å²) in [5.41, 5.74) is 5.54. The highest BCUT2D eigenvalue weighted by atomic mass is 32.2. The first kappa shape index (κ1) is 18.2. The van der Waals surface area contributed by atoms with Crippen molar-refractivity contribution in [2.75, 3.05) is 6.61 Å². The lowest BCUT2D eigenvalue weighted by atomic mass is 10.1. The second-order valence-corrected chi connectivity index (χ2v) is 7.13. The van der Waals surface area contributed by atoms with E-state index >= 15 is 0 Å². The molecule has 2 aromatic rings. The lowest BCUT2D eigenvalue weighted by Gasteiger charge is -2.20. The van der Waals surface area contributed by atoms with E-state index in [-0.39, 0.29) is 11.4 Å². The van der Waals surface area contributed by atoms with Gasteiger partial charge in [-0.05, 0) is 62.4 Å². The number of aromatic nitrogens is 1. The molecule has 0 spiro atoms. The predicted octanol–water partition coefficient (Wildman–Crippen LogP) is 3.74. The Morgan fingerprint density at radius 3 is 2.86 bits per heavy atom. The molecule has 1 aromatic heterocycles. The van der Waals surface area contributed by atoms with Gasteiger partial charge in [-0.15, -0.1) is 0 Å². The molecule has 8 heteroatoms. The third kappa shape index (κ3) is 2.95. The van der Waals surface area contributed by atoms with Crippen molar-refractivity contribution in [3.8, 4) is 11.4 Å². The van der Waals surface area contributed by atoms with Gasteiger partial charge in [0.15, 0.2) is 11.0 Å². The van der Waals surface area contributed by atoms with Crippen LogP contribution in [0.1, 0.15) is 23.9 Å². The molecule has 0 saturated heterocycles. The van der Waals surface area contributed by atoms with E-state index in [2.05, 4.69) is 14.7 Å². The number of carbonyl (C=O) groups excluding carboxylic acids is 1. The van der Waals surface area contributed by atoms with Gasteiger partial charge in [-0.2, -0.15) is 15.1 Å². The summed E-state index contributed by atoms with van der Waals surface area (Å²) in [5.74, 6) is 0.412. The molecule has 0 fully saturated rings. The summed E-state index contributed by atoms with van der Waals surface area (Å²) in [7, 11) is 0. The van der Waals surface area contributed by atoms with Gasteiger partial charge in [0.2, 0.25) is 0 Å². The second kappa shape index (κ2) is 7.12. The van der Waals surface area contributed by atoms with Gasteiger partial charge in [-0.3, -0.25) is 10.2 Å². The van der Waals surface area contributed by atoms with E-state index in [0.29, 0.717) is 11.8 Å². The highest BCUT2D eigenvalue weighted by Gasteiger charge is 2.32. The molecule has 142 valence electrons. The number of rotatable bonds is 4. The molecule has 28 heavy (non-hydrogen) atoms. The van der Waals surface area contributed by atoms with Crippen molar-refractivity contribution in [1.29, 1.82) is 5.41 Å². The third-order valence-corrected chi connectivity index (χ3v) is 5.25. The van der Waals surface area contributed by atoms with E-state index < -0.39 is 5.91 Å². The van der Waals surface area contributed by atoms with Crippen molar-refractivity contribution < 1.29 is 9.53 Å². The normalized spacial score (nSPS) is 17.3. The van der Waals surface area contributed by atoms with Gasteiger partial charge in [-0.25, -0.2) is 0 Å². The highest BCUT2D eigenvalue weighted by Crippen LogP contribution is 2.30. The van der Waals surface area contributed by atoms with E-state index in [1.54, 1.807) is 11.6 Å². The number of benzene rings is 1. The highest BCUT2D eigenvalue weighted by molar-refractivity contribution is 8.25. The van der Waals surface area contributed by atoms with Crippen LogP contribution in [-0.4, -0.2) is 38.6 Å². The quantitative estimate of drug-likeness (QED) is 0.802. The van der Waals surface area contributed by atoms with Crippen molar-refractivity contribution >= 4 is 40.3 Å². The van der Waals surface area contributed by atoms with Crippen LogP contribution in [0, 0.1) is 19.3 Å². The topological polar surface area (TPSA) is 83.0 Å². The molecule has 0 radical (unpaired) electrons. The maximum absolute atomic E-state index is 12.4. The lowest BCUT2D eigenvalue weighted by Crippen LogP contribution is -2.35. The van der Waals surface area contributed by atoms with Crippen LogP contribution >= 0.6 is 11.8 Å². The van der Waals surface area contributed by atoms with Crippen LogP contribution in [0.5, 0.6) is 5.75 Å². The summed E-state index contributed by atoms with van der Waals surface area (Å²) < 4.78 is 7.87. The van der Waals surface area contributed by atoms with Crippen LogP contribution in [0.2, 0.25) is 0 Å². The Kier molecular flexibility index (Phi) is 4.64. The van der Waals surface area contributed by atoms with Gasteiger partial charge in [0, 0.05) is 11.4 Å². The fourth-order valence-corrected chi connectivity index (χ4v) is 3.93. The minimum Gasteiger partial charge on any atom is -0.492 e. The number of aliphatic imine (C=N–C) groups is 1. The first-order valence-electron chi connectivity index (χ1n) is 8.85. The average molecular weight is 393 g/mol. The van der Waals surface area contributed by atoms with Crippen LogP contribution in [0.25, 0.3) is 11.8 Å². The molecular weight excluding hydrogens is 374 g/mol. The van der Waals surface area contributed by atoms with Gasteiger partial charge < -0.3 is 9.30 Å². The number of ether oxygens (including phenoxy) is 1. The first-order valence-corrected chi connectivity index (χ1v) is 9.73. The number of amidine groups is 2. The van der Waals surface area contributed by atoms with Gasteiger partial charge in [0.1, 0.15) is 5.75 Å². The maximum atomic E-state index is 12.4. The van der Waals surface area contributed by atoms with Crippen molar-refractivity contribution in [3.63, 3.8) is 0 Å². The fourth-order valence-electron chi connectivity index (χ4n) is 3.32. The van der Waals surface area contributed by atoms with Crippen molar-refractivity contribution in [3.05, 3.63) is 52.9 Å². The van der Waals surface area contributed by atoms with E-state index in [1.807, 2.05) is 51.1 Å². The maximum Gasteiger partial charge on any atom is 0.283 e. The molecule has 0 aliphatic carbocycles. The van der Waals surface area contributed by atoms with Crippen LogP contribution in [0.3, 0.4) is 0 Å². The van der Waals surface area contributed by atoms with Crippen molar-refractivity contribution in [1.82, 2.24) is 9.58 Å². The van der Waals surface area contributed by atoms with Crippen molar-refractivity contribution in [2.24, 2.45) is 10.1 Å². The van der Waals surface area contributed by atoms with Crippen LogP contribution in [-0.2, 0) is 4.79 Å². The van der Waals surface area contributed by atoms with E-state index in [1.165, 1.54) is 16.8 Å². The Bertz CT molecular complexity index is 1080. The molecule has 1 N–H and O–H groups in total. The minimum absolute atomic E-state index is 0.0377. The smallest absolute Gasteiger partial charge is 0.283 e. The Morgan fingerprint density at radius 2 is 2.07 bits per heavy atom. The Hall–Kier alpha value is -3.13. The lowest BCUT2D eigenvalue weighted by molar-refractivity contribution is -0.114. The number of carbonyl (C=O) groups is 1. The Labute approximate surface area is 166 Å². The molecule has 3 heterocycles. The number of para-hydroxylation sites is 2. The van der Waals surface area contributed by atoms with Crippen LogP contribution in [0.15, 0.2) is 46.0 Å². The SMILES string of the molecule is CCOc1ccccc1-n1c(C)cc(/C=C2\C(=N)N3N=CSC3=NC2=O)c1C. The van der Waals surface area contributed by atoms with E-state index in [0.717, 1.165) is 28.4 Å². The molecular formula is C20H19N5O2S. The average Bonchev–Trinajstić information content (AvgIpc) is 3.24. The number of nitrogens with one attached hydrogen (secondary N) is 1. The van der Waals surface area contributed by atoms with E-state index in [4.69, 9.17) is 10.1 Å². The number of hydrazone groups is 1. The van der Waals surface area contributed by atoms with Crippen LogP contribution < -0.4 is 4.74 Å². The molecule has 0 atom stereocenters. The van der Waals surface area contributed by atoms with Gasteiger partial charge in [0.25, 0.3) is 5.91 Å². The number of aryl methyl sites for hydroxylation is 1. The van der Waals surface area contributed by atoms with Gasteiger partial charge in [0.05, 0.1) is 23.4 Å². The molecule has 0 saturated carbocycles. The zero-order valence-electron chi connectivity index (χ0n) is 15.8. The van der Waals surface area contributed by atoms with Crippen LogP contribution in [0.4, 0.5) is 0 Å². The summed E-state index contributed by atoms with van der Waals surface area (Å²) in [4.78, 5) is 16.5. The standard InChI is InChI=1S/C20H19N5O2S/c1-4-27-17-8-6-5-7-16(17)24-12(2)9-14(13(24)3)10-15-18(21)25-20(23-19(15)26)28-11-22-25/h5-11,21H,4H2,1-3H3/b15-10+,21-18?. The van der Waals surface area contributed by atoms with Gasteiger partial charge in [-0.1, -0.05) is 12.1 Å². The summed E-state index contributed by atoms with van der Waals surface area (Å²) in [6.45, 7) is 6.52. The number of amides is 1. The summed E-state index contributed by atoms with van der Waals surface area (Å²) in [6.07, 6.45) is 1.71. The molecule has 0 unspecified atom stereocenters. The number of thioether (sulfide) groups is 1. The molecule has 1 amide bonds. The molecule has 2 aliphatic rings. The first-order chi connectivity index (χ1) is 13.5. The summed E-state index contributed by atoms with van der Waals surface area (Å²) in [6, 6.07) is 9.84. The Morgan fingerprint density at radius 1 is 1.29 bits per heavy atom. The molecule has 1 aromatic carbocycles. The number of nitrogens with zero attached hydrogens (tertiary/aromatic N) is 4. The molecule has 7 nitrogen and oxygen atoms in total. The molecule has 4 rings (SSSR count). The second-order valence-electron chi connectivity index (χ2n) is 6.32. The number of fused-ring (bicyclic) bond motifs is 1. The summed E-state index contributed by atoms with van der Waals surface area (Å²) in [5, 5.41) is 14.2. The Balaban J connectivity index is 1.79. The van der Waals surface area contributed by atoms with Gasteiger partial charge >= 0.3 is 0 Å². The largest absolute Gasteiger partial charge is 0.492 e. The number of hydrogen-bond acceptors (Lipinski definition) is 5. The molecule has 2 aliphatic heterocycles. The monoisotopic (exact) mass is 393 g/mol. The summed E-state index contributed by atoms with van der Waals surface area (Å²) >= 11 is 1.23. The fraction of sp³-hybridized carbons (Fsp3) is 0.200. The minimum atomic E-state index is -0.422. The number of hydrogen-bond donors (Lipinski definition) is 1. The van der Waals surface area contributed by atoms with Crippen molar-refractivity contribution in [2.45, 2.75) is 20.8 Å². The molecule has 0 bridgehead atoms. The third-order valence-electron chi connectivity index (χ3n) is 4.57. The predicted molar refractivity (Wildman–Crippen MR) is 112 cm³/mol. The van der Waals surface area contributed by atoms with E-state index in [9.17, 15) is 4.79 Å². The zero-order valence-corrected chi connectivity index (χ0v) is 16.6.